The Morgan fingerprint density at radius 3 is 2.20 bits per heavy atom. The molecular formula is C12H23N5O3. The molecule has 0 aromatic rings. The maximum absolute atomic E-state index is 11.9. The van der Waals surface area contributed by atoms with Crippen LogP contribution >= 0.6 is 0 Å². The third kappa shape index (κ3) is 5.54. The van der Waals surface area contributed by atoms with E-state index in [4.69, 9.17) is 5.73 Å². The van der Waals surface area contributed by atoms with E-state index in [1.54, 1.807) is 4.90 Å². The van der Waals surface area contributed by atoms with Gasteiger partial charge in [0.2, 0.25) is 5.91 Å². The van der Waals surface area contributed by atoms with Gasteiger partial charge in [-0.2, -0.15) is 0 Å². The lowest BCUT2D eigenvalue weighted by Crippen LogP contribution is -2.53. The minimum atomic E-state index is -0.623. The van der Waals surface area contributed by atoms with Gasteiger partial charge < -0.3 is 21.3 Å². The van der Waals surface area contributed by atoms with Crippen molar-refractivity contribution >= 4 is 17.7 Å². The lowest BCUT2D eigenvalue weighted by atomic mass is 10.3. The van der Waals surface area contributed by atoms with E-state index >= 15 is 0 Å². The minimum absolute atomic E-state index is 0.165. The molecule has 8 nitrogen and oxygen atoms in total. The van der Waals surface area contributed by atoms with Crippen LogP contribution in [0.5, 0.6) is 0 Å². The van der Waals surface area contributed by atoms with Gasteiger partial charge in [-0.1, -0.05) is 0 Å². The van der Waals surface area contributed by atoms with E-state index in [9.17, 15) is 14.4 Å². The van der Waals surface area contributed by atoms with Crippen LogP contribution in [0.25, 0.3) is 0 Å². The standard InChI is InChI=1S/C12H23N5O3/c1-10(18)14-3-4-15-11(19)12(20)17-8-6-16(5-2-13)7-9-17/h2-9,13H2,1H3,(H,14,18)(H,15,19). The molecular weight excluding hydrogens is 262 g/mol. The SMILES string of the molecule is CC(=O)NCCNC(=O)C(=O)N1CCN(CCN)CC1. The summed E-state index contributed by atoms with van der Waals surface area (Å²) in [4.78, 5) is 37.9. The maximum Gasteiger partial charge on any atom is 0.311 e. The smallest absolute Gasteiger partial charge is 0.311 e. The van der Waals surface area contributed by atoms with Crippen molar-refractivity contribution in [3.8, 4) is 0 Å². The number of rotatable bonds is 5. The molecule has 1 saturated heterocycles. The third-order valence-electron chi connectivity index (χ3n) is 3.08. The largest absolute Gasteiger partial charge is 0.355 e. The van der Waals surface area contributed by atoms with Crippen molar-refractivity contribution in [3.63, 3.8) is 0 Å². The van der Waals surface area contributed by atoms with Crippen LogP contribution in [0.2, 0.25) is 0 Å². The molecule has 1 heterocycles. The monoisotopic (exact) mass is 285 g/mol. The topological polar surface area (TPSA) is 108 Å². The fourth-order valence-electron chi connectivity index (χ4n) is 1.99. The Morgan fingerprint density at radius 1 is 1.05 bits per heavy atom. The van der Waals surface area contributed by atoms with Gasteiger partial charge in [-0.25, -0.2) is 0 Å². The number of piperazine rings is 1. The highest BCUT2D eigenvalue weighted by molar-refractivity contribution is 6.35. The first kappa shape index (κ1) is 16.4. The van der Waals surface area contributed by atoms with Crippen molar-refractivity contribution in [3.05, 3.63) is 0 Å². The average Bonchev–Trinajstić information content (AvgIpc) is 2.43. The summed E-state index contributed by atoms with van der Waals surface area (Å²) < 4.78 is 0. The van der Waals surface area contributed by atoms with Crippen LogP contribution < -0.4 is 16.4 Å². The molecule has 114 valence electrons. The number of hydrogen-bond acceptors (Lipinski definition) is 5. The molecule has 1 aliphatic heterocycles. The maximum atomic E-state index is 11.9. The van der Waals surface area contributed by atoms with E-state index in [0.29, 0.717) is 26.2 Å². The summed E-state index contributed by atoms with van der Waals surface area (Å²) >= 11 is 0. The zero-order valence-electron chi connectivity index (χ0n) is 11.9. The molecule has 0 radical (unpaired) electrons. The van der Waals surface area contributed by atoms with E-state index in [-0.39, 0.29) is 12.5 Å². The molecule has 0 spiro atoms. The Kier molecular flexibility index (Phi) is 6.96. The van der Waals surface area contributed by atoms with Crippen molar-refractivity contribution in [2.24, 2.45) is 5.73 Å². The van der Waals surface area contributed by atoms with Crippen molar-refractivity contribution in [2.45, 2.75) is 6.92 Å². The van der Waals surface area contributed by atoms with Gasteiger partial charge in [0.25, 0.3) is 0 Å². The first-order chi connectivity index (χ1) is 9.54. The Bertz CT molecular complexity index is 353. The van der Waals surface area contributed by atoms with Gasteiger partial charge in [-0.3, -0.25) is 19.3 Å². The minimum Gasteiger partial charge on any atom is -0.355 e. The zero-order chi connectivity index (χ0) is 15.0. The molecule has 8 heteroatoms. The highest BCUT2D eigenvalue weighted by Crippen LogP contribution is 2.01. The van der Waals surface area contributed by atoms with Gasteiger partial charge in [0.15, 0.2) is 0 Å². The van der Waals surface area contributed by atoms with E-state index in [1.165, 1.54) is 6.92 Å². The van der Waals surface area contributed by atoms with Gasteiger partial charge in [-0.05, 0) is 0 Å². The number of carbonyl (C=O) groups is 3. The summed E-state index contributed by atoms with van der Waals surface area (Å²) in [5.74, 6) is -1.30. The number of amides is 3. The van der Waals surface area contributed by atoms with Crippen LogP contribution in [0.3, 0.4) is 0 Å². The Morgan fingerprint density at radius 2 is 1.65 bits per heavy atom. The summed E-state index contributed by atoms with van der Waals surface area (Å²) in [5, 5.41) is 5.04. The second kappa shape index (κ2) is 8.49. The van der Waals surface area contributed by atoms with Crippen molar-refractivity contribution in [2.75, 3.05) is 52.4 Å². The van der Waals surface area contributed by atoms with Crippen LogP contribution in [0.15, 0.2) is 0 Å². The van der Waals surface area contributed by atoms with Gasteiger partial charge in [0.1, 0.15) is 0 Å². The lowest BCUT2D eigenvalue weighted by molar-refractivity contribution is -0.146. The molecule has 0 aliphatic carbocycles. The number of carbonyl (C=O) groups excluding carboxylic acids is 3. The molecule has 0 aromatic heterocycles. The van der Waals surface area contributed by atoms with Crippen LogP contribution in [-0.2, 0) is 14.4 Å². The molecule has 0 bridgehead atoms. The summed E-state index contributed by atoms with van der Waals surface area (Å²) in [6.45, 7) is 5.92. The number of nitrogens with two attached hydrogens (primary N) is 1. The first-order valence-corrected chi connectivity index (χ1v) is 6.78. The van der Waals surface area contributed by atoms with Crippen molar-refractivity contribution in [1.29, 1.82) is 0 Å². The molecule has 0 unspecified atom stereocenters. The summed E-state index contributed by atoms with van der Waals surface area (Å²) in [5.41, 5.74) is 5.48. The Labute approximate surface area is 118 Å². The van der Waals surface area contributed by atoms with Gasteiger partial charge in [-0.15, -0.1) is 0 Å². The normalized spacial score (nSPS) is 15.8. The Hall–Kier alpha value is -1.67. The van der Waals surface area contributed by atoms with Crippen LogP contribution in [0, 0.1) is 0 Å². The van der Waals surface area contributed by atoms with Crippen LogP contribution in [-0.4, -0.2) is 79.9 Å². The first-order valence-electron chi connectivity index (χ1n) is 6.78. The van der Waals surface area contributed by atoms with Crippen LogP contribution in [0.4, 0.5) is 0 Å². The van der Waals surface area contributed by atoms with E-state index in [1.807, 2.05) is 0 Å². The summed E-state index contributed by atoms with van der Waals surface area (Å²) in [6.07, 6.45) is 0. The third-order valence-corrected chi connectivity index (χ3v) is 3.08. The quantitative estimate of drug-likeness (QED) is 0.377. The lowest BCUT2D eigenvalue weighted by Gasteiger charge is -2.34. The summed E-state index contributed by atoms with van der Waals surface area (Å²) in [6, 6.07) is 0. The number of nitrogens with zero attached hydrogens (tertiary/aromatic N) is 2. The van der Waals surface area contributed by atoms with Gasteiger partial charge >= 0.3 is 11.8 Å². The molecule has 1 aliphatic rings. The highest BCUT2D eigenvalue weighted by atomic mass is 16.2. The molecule has 0 saturated carbocycles. The molecule has 4 N–H and O–H groups in total. The van der Waals surface area contributed by atoms with E-state index < -0.39 is 11.8 Å². The van der Waals surface area contributed by atoms with Crippen molar-refractivity contribution < 1.29 is 14.4 Å². The number of hydrogen-bond donors (Lipinski definition) is 3. The second-order valence-corrected chi connectivity index (χ2v) is 4.66. The van der Waals surface area contributed by atoms with Gasteiger partial charge in [0, 0.05) is 59.3 Å². The number of nitrogens with one attached hydrogen (secondary N) is 2. The van der Waals surface area contributed by atoms with Crippen LogP contribution in [0.1, 0.15) is 6.92 Å². The second-order valence-electron chi connectivity index (χ2n) is 4.66. The highest BCUT2D eigenvalue weighted by Gasteiger charge is 2.25. The fourth-order valence-corrected chi connectivity index (χ4v) is 1.99. The Balaban J connectivity index is 2.24. The predicted molar refractivity (Wildman–Crippen MR) is 73.8 cm³/mol. The molecule has 0 atom stereocenters. The molecule has 1 fully saturated rings. The summed E-state index contributed by atoms with van der Waals surface area (Å²) in [7, 11) is 0. The van der Waals surface area contributed by atoms with E-state index in [0.717, 1.165) is 19.6 Å². The van der Waals surface area contributed by atoms with Crippen molar-refractivity contribution in [1.82, 2.24) is 20.4 Å². The molecule has 0 aromatic carbocycles. The molecule has 3 amide bonds. The zero-order valence-corrected chi connectivity index (χ0v) is 11.9. The predicted octanol–water partition coefficient (Wildman–Crippen LogP) is -2.66. The molecule has 20 heavy (non-hydrogen) atoms. The average molecular weight is 285 g/mol. The molecule has 1 rings (SSSR count). The fraction of sp³-hybridized carbons (Fsp3) is 0.750. The van der Waals surface area contributed by atoms with Gasteiger partial charge in [0.05, 0.1) is 0 Å². The van der Waals surface area contributed by atoms with E-state index in [2.05, 4.69) is 15.5 Å².